The molecule has 2 aliphatic rings. The Morgan fingerprint density at radius 1 is 1.16 bits per heavy atom. The molecule has 2 aromatic heterocycles. The zero-order valence-corrected chi connectivity index (χ0v) is 22.3. The molecule has 1 atom stereocenters. The van der Waals surface area contributed by atoms with Gasteiger partial charge >= 0.3 is 6.01 Å². The minimum atomic E-state index is -0.560. The lowest BCUT2D eigenvalue weighted by molar-refractivity contribution is 0.157. The number of fused-ring (bicyclic) bond motifs is 2. The second kappa shape index (κ2) is 10.7. The first-order valence-corrected chi connectivity index (χ1v) is 14.0. The maximum atomic E-state index is 16.4. The van der Waals surface area contributed by atoms with Crippen LogP contribution in [0.2, 0.25) is 5.02 Å². The standard InChI is InChI=1S/C26H28ClF2N7OS/c27-18-13-17-23(21(29)20(18)16-4-1-5-19-22(16)32-25(30)38-19)33-26(34-24(17)36-11-7-31-8-12-36)37-14-15-3-2-9-35(15)10-6-28/h1,4-5,13,15,31H,2-3,6-12,14H2,(H2,30,32). The van der Waals surface area contributed by atoms with Crippen LogP contribution in [0.1, 0.15) is 12.8 Å². The summed E-state index contributed by atoms with van der Waals surface area (Å²) in [5, 5.41) is 4.50. The number of alkyl halides is 1. The molecule has 0 amide bonds. The number of nitrogens with one attached hydrogen (secondary N) is 1. The van der Waals surface area contributed by atoms with Gasteiger partial charge in [-0.1, -0.05) is 35.1 Å². The number of ether oxygens (including phenoxy) is 1. The van der Waals surface area contributed by atoms with Gasteiger partial charge in [0, 0.05) is 55.3 Å². The zero-order valence-electron chi connectivity index (χ0n) is 20.7. The van der Waals surface area contributed by atoms with Crippen molar-refractivity contribution in [1.82, 2.24) is 25.2 Å². The molecule has 0 radical (unpaired) electrons. The first-order valence-electron chi connectivity index (χ1n) is 12.8. The van der Waals surface area contributed by atoms with Crippen LogP contribution in [0.5, 0.6) is 6.01 Å². The lowest BCUT2D eigenvalue weighted by Gasteiger charge is -2.30. The number of rotatable bonds is 7. The number of thiazole rings is 1. The molecule has 2 aliphatic heterocycles. The predicted octanol–water partition coefficient (Wildman–Crippen LogP) is 4.50. The lowest BCUT2D eigenvalue weighted by Crippen LogP contribution is -2.44. The maximum Gasteiger partial charge on any atom is 0.319 e. The van der Waals surface area contributed by atoms with Crippen molar-refractivity contribution in [3.05, 3.63) is 35.1 Å². The zero-order chi connectivity index (χ0) is 26.2. The minimum absolute atomic E-state index is 0.0750. The number of nitrogens with two attached hydrogens (primary N) is 1. The first-order chi connectivity index (χ1) is 18.5. The molecule has 12 heteroatoms. The molecule has 0 spiro atoms. The van der Waals surface area contributed by atoms with Crippen LogP contribution < -0.4 is 20.7 Å². The number of nitrogens with zero attached hydrogens (tertiary/aromatic N) is 5. The fourth-order valence-electron chi connectivity index (χ4n) is 5.41. The number of aromatic nitrogens is 3. The first kappa shape index (κ1) is 25.4. The van der Waals surface area contributed by atoms with E-state index in [1.807, 2.05) is 12.1 Å². The number of hydrogen-bond acceptors (Lipinski definition) is 9. The summed E-state index contributed by atoms with van der Waals surface area (Å²) in [6.45, 7) is 4.10. The van der Waals surface area contributed by atoms with Gasteiger partial charge in [0.2, 0.25) is 0 Å². The highest BCUT2D eigenvalue weighted by Crippen LogP contribution is 2.42. The van der Waals surface area contributed by atoms with Gasteiger partial charge in [0.15, 0.2) is 10.9 Å². The van der Waals surface area contributed by atoms with Crippen molar-refractivity contribution in [3.63, 3.8) is 0 Å². The summed E-state index contributed by atoms with van der Waals surface area (Å²) in [5.74, 6) is 0.0251. The van der Waals surface area contributed by atoms with Gasteiger partial charge in [-0.25, -0.2) is 13.8 Å². The molecule has 0 aliphatic carbocycles. The quantitative estimate of drug-likeness (QED) is 0.342. The van der Waals surface area contributed by atoms with E-state index in [9.17, 15) is 4.39 Å². The number of likely N-dealkylation sites (tertiary alicyclic amines) is 1. The van der Waals surface area contributed by atoms with Gasteiger partial charge in [0.25, 0.3) is 0 Å². The van der Waals surface area contributed by atoms with Crippen molar-refractivity contribution in [3.8, 4) is 17.1 Å². The Labute approximate surface area is 227 Å². The molecule has 2 saturated heterocycles. The molecule has 38 heavy (non-hydrogen) atoms. The Balaban J connectivity index is 1.46. The molecule has 0 bridgehead atoms. The van der Waals surface area contributed by atoms with E-state index in [1.165, 1.54) is 11.3 Å². The van der Waals surface area contributed by atoms with Crippen molar-refractivity contribution >= 4 is 55.0 Å². The van der Waals surface area contributed by atoms with E-state index < -0.39 is 12.5 Å². The van der Waals surface area contributed by atoms with Crippen LogP contribution in [0.25, 0.3) is 32.2 Å². The van der Waals surface area contributed by atoms with E-state index >= 15 is 4.39 Å². The highest BCUT2D eigenvalue weighted by molar-refractivity contribution is 7.22. The number of anilines is 2. The molecule has 1 unspecified atom stereocenters. The van der Waals surface area contributed by atoms with E-state index in [0.29, 0.717) is 53.7 Å². The van der Waals surface area contributed by atoms with E-state index in [0.717, 1.165) is 37.2 Å². The number of halogens is 3. The van der Waals surface area contributed by atoms with Crippen LogP contribution >= 0.6 is 22.9 Å². The fourth-order valence-corrected chi connectivity index (χ4v) is 6.47. The monoisotopic (exact) mass is 559 g/mol. The average molecular weight is 560 g/mol. The van der Waals surface area contributed by atoms with Gasteiger partial charge in [-0.05, 0) is 31.5 Å². The highest BCUT2D eigenvalue weighted by Gasteiger charge is 2.27. The number of benzene rings is 2. The summed E-state index contributed by atoms with van der Waals surface area (Å²) in [4.78, 5) is 17.8. The van der Waals surface area contributed by atoms with E-state index in [4.69, 9.17) is 27.1 Å². The summed E-state index contributed by atoms with van der Waals surface area (Å²) in [5.41, 5.74) is 7.45. The van der Waals surface area contributed by atoms with Gasteiger partial charge < -0.3 is 20.7 Å². The van der Waals surface area contributed by atoms with Gasteiger partial charge in [-0.2, -0.15) is 9.97 Å². The van der Waals surface area contributed by atoms with Crippen molar-refractivity contribution < 1.29 is 13.5 Å². The number of hydrogen-bond donors (Lipinski definition) is 2. The van der Waals surface area contributed by atoms with E-state index in [-0.39, 0.29) is 28.2 Å². The molecular weight excluding hydrogens is 532 g/mol. The summed E-state index contributed by atoms with van der Waals surface area (Å²) in [6.07, 6.45) is 1.90. The fraction of sp³-hybridized carbons (Fsp3) is 0.423. The van der Waals surface area contributed by atoms with Crippen LogP contribution in [0.15, 0.2) is 24.3 Å². The van der Waals surface area contributed by atoms with Gasteiger partial charge in [-0.3, -0.25) is 4.90 Å². The molecule has 6 rings (SSSR count). The highest BCUT2D eigenvalue weighted by atomic mass is 35.5. The molecule has 200 valence electrons. The minimum Gasteiger partial charge on any atom is -0.462 e. The molecule has 2 fully saturated rings. The summed E-state index contributed by atoms with van der Waals surface area (Å²) in [7, 11) is 0. The number of para-hydroxylation sites is 1. The molecular formula is C26H28ClF2N7OS. The molecule has 3 N–H and O–H groups in total. The van der Waals surface area contributed by atoms with Crippen molar-refractivity contribution in [2.75, 3.05) is 63.2 Å². The predicted molar refractivity (Wildman–Crippen MR) is 149 cm³/mol. The van der Waals surface area contributed by atoms with Crippen molar-refractivity contribution in [2.45, 2.75) is 18.9 Å². The summed E-state index contributed by atoms with van der Waals surface area (Å²) in [6, 6.07) is 7.41. The third-order valence-corrected chi connectivity index (χ3v) is 8.39. The van der Waals surface area contributed by atoms with Crippen LogP contribution in [0.4, 0.5) is 19.7 Å². The lowest BCUT2D eigenvalue weighted by atomic mass is 10.0. The normalized spacial score (nSPS) is 18.6. The Morgan fingerprint density at radius 2 is 2.00 bits per heavy atom. The molecule has 4 aromatic rings. The van der Waals surface area contributed by atoms with Gasteiger partial charge in [-0.15, -0.1) is 0 Å². The Hall–Kier alpha value is -2.86. The van der Waals surface area contributed by atoms with Crippen LogP contribution in [0.3, 0.4) is 0 Å². The Kier molecular flexibility index (Phi) is 7.17. The van der Waals surface area contributed by atoms with Gasteiger partial charge in [0.1, 0.15) is 24.6 Å². The Morgan fingerprint density at radius 3 is 2.82 bits per heavy atom. The Bertz CT molecular complexity index is 1480. The topological polar surface area (TPSA) is 92.4 Å². The third-order valence-electron chi connectivity index (χ3n) is 7.24. The second-order valence-corrected chi connectivity index (χ2v) is 11.0. The van der Waals surface area contributed by atoms with Crippen molar-refractivity contribution in [2.24, 2.45) is 0 Å². The van der Waals surface area contributed by atoms with Crippen LogP contribution in [0, 0.1) is 5.82 Å². The maximum absolute atomic E-state index is 16.4. The molecule has 8 nitrogen and oxygen atoms in total. The SMILES string of the molecule is Nc1nc2c(-c3c(Cl)cc4c(N5CCNCC5)nc(OCC5CCCN5CCF)nc4c3F)cccc2s1. The van der Waals surface area contributed by atoms with Crippen LogP contribution in [-0.4, -0.2) is 78.4 Å². The van der Waals surface area contributed by atoms with Crippen molar-refractivity contribution in [1.29, 1.82) is 0 Å². The number of piperazine rings is 1. The van der Waals surface area contributed by atoms with Gasteiger partial charge in [0.05, 0.1) is 15.2 Å². The average Bonchev–Trinajstić information content (AvgIpc) is 3.53. The van der Waals surface area contributed by atoms with Crippen LogP contribution in [-0.2, 0) is 0 Å². The smallest absolute Gasteiger partial charge is 0.319 e. The molecule has 4 heterocycles. The second-order valence-electron chi connectivity index (χ2n) is 9.55. The largest absolute Gasteiger partial charge is 0.462 e. The summed E-state index contributed by atoms with van der Waals surface area (Å²) >= 11 is 8.08. The van der Waals surface area contributed by atoms with E-state index in [1.54, 1.807) is 12.1 Å². The molecule has 0 saturated carbocycles. The summed E-state index contributed by atoms with van der Waals surface area (Å²) < 4.78 is 36.3. The van der Waals surface area contributed by atoms with E-state index in [2.05, 4.69) is 25.1 Å². The number of nitrogen functional groups attached to an aromatic ring is 1. The molecule has 2 aromatic carbocycles. The third kappa shape index (κ3) is 4.72.